The molecule has 0 heterocycles. The summed E-state index contributed by atoms with van der Waals surface area (Å²) in [5.41, 5.74) is -0.651. The minimum Gasteiger partial charge on any atom is -0.413 e. The van der Waals surface area contributed by atoms with Gasteiger partial charge in [0.05, 0.1) is 12.0 Å². The molecule has 0 aromatic rings. The Balaban J connectivity index is 1.97. The van der Waals surface area contributed by atoms with Gasteiger partial charge in [0.25, 0.3) is 0 Å². The number of ketones is 1. The fourth-order valence-electron chi connectivity index (χ4n) is 5.90. The number of carbonyl (C=O) groups is 1. The quantitative estimate of drug-likeness (QED) is 0.238. The van der Waals surface area contributed by atoms with Gasteiger partial charge in [-0.2, -0.15) is 0 Å². The maximum Gasteiger partial charge on any atom is 0.193 e. The first-order valence-electron chi connectivity index (χ1n) is 15.0. The van der Waals surface area contributed by atoms with E-state index in [0.717, 1.165) is 12.8 Å². The highest BCUT2D eigenvalue weighted by atomic mass is 28.4. The molecule has 0 N–H and O–H groups in total. The van der Waals surface area contributed by atoms with Gasteiger partial charge in [0.1, 0.15) is 11.7 Å². The van der Waals surface area contributed by atoms with Crippen molar-refractivity contribution in [3.63, 3.8) is 0 Å². The second-order valence-electron chi connectivity index (χ2n) is 15.0. The Kier molecular flexibility index (Phi) is 9.41. The van der Waals surface area contributed by atoms with Gasteiger partial charge in [-0.15, -0.1) is 0 Å². The molecular formula is C31H56O4Si2. The second-order valence-corrected chi connectivity index (χ2v) is 24.5. The third-order valence-electron chi connectivity index (χ3n) is 10.5. The molecule has 3 aliphatic carbocycles. The fraction of sp³-hybridized carbons (Fsp3) is 0.903. The predicted molar refractivity (Wildman–Crippen MR) is 159 cm³/mol. The minimum atomic E-state index is -1.99. The molecule has 0 bridgehead atoms. The van der Waals surface area contributed by atoms with Crippen molar-refractivity contribution in [3.8, 4) is 11.8 Å². The van der Waals surface area contributed by atoms with Crippen LogP contribution in [0, 0.1) is 29.6 Å². The third kappa shape index (κ3) is 6.48. The topological polar surface area (TPSA) is 44.8 Å². The zero-order chi connectivity index (χ0) is 27.9. The lowest BCUT2D eigenvalue weighted by molar-refractivity contribution is -0.195. The van der Waals surface area contributed by atoms with Gasteiger partial charge in [0, 0.05) is 18.9 Å². The van der Waals surface area contributed by atoms with Crippen molar-refractivity contribution in [1.82, 2.24) is 0 Å². The Morgan fingerprint density at radius 1 is 0.946 bits per heavy atom. The molecule has 0 saturated heterocycles. The molecule has 3 fully saturated rings. The van der Waals surface area contributed by atoms with E-state index in [1.165, 1.54) is 32.1 Å². The lowest BCUT2D eigenvalue weighted by Gasteiger charge is -2.56. The van der Waals surface area contributed by atoms with Crippen LogP contribution in [-0.2, 0) is 18.4 Å². The molecule has 37 heavy (non-hydrogen) atoms. The van der Waals surface area contributed by atoms with E-state index >= 15 is 0 Å². The van der Waals surface area contributed by atoms with Gasteiger partial charge in [-0.05, 0) is 74.8 Å². The number of carbonyl (C=O) groups excluding carboxylic acids is 1. The van der Waals surface area contributed by atoms with E-state index < -0.39 is 22.2 Å². The smallest absolute Gasteiger partial charge is 0.193 e. The first-order valence-corrected chi connectivity index (χ1v) is 20.8. The van der Waals surface area contributed by atoms with Crippen LogP contribution in [0.2, 0.25) is 36.3 Å². The van der Waals surface area contributed by atoms with Crippen molar-refractivity contribution in [2.75, 3.05) is 6.61 Å². The Labute approximate surface area is 230 Å². The van der Waals surface area contributed by atoms with Crippen LogP contribution in [0.4, 0.5) is 0 Å². The third-order valence-corrected chi connectivity index (χ3v) is 19.4. The molecule has 6 heteroatoms. The predicted octanol–water partition coefficient (Wildman–Crippen LogP) is 8.13. The van der Waals surface area contributed by atoms with Crippen molar-refractivity contribution < 1.29 is 18.4 Å². The van der Waals surface area contributed by atoms with Crippen molar-refractivity contribution >= 4 is 22.4 Å². The average molecular weight is 549 g/mol. The van der Waals surface area contributed by atoms with Gasteiger partial charge in [-0.25, -0.2) is 0 Å². The van der Waals surface area contributed by atoms with E-state index in [4.69, 9.17) is 13.6 Å². The number of hydrogen-bond acceptors (Lipinski definition) is 4. The molecular weight excluding hydrogens is 493 g/mol. The number of fused-ring (bicyclic) bond motifs is 1. The maximum absolute atomic E-state index is 12.9. The van der Waals surface area contributed by atoms with Crippen LogP contribution in [0.1, 0.15) is 99.8 Å². The molecule has 0 aromatic carbocycles. The molecule has 0 spiro atoms. The first-order chi connectivity index (χ1) is 17.0. The van der Waals surface area contributed by atoms with Crippen LogP contribution in [0.3, 0.4) is 0 Å². The Bertz CT molecular complexity index is 866. The van der Waals surface area contributed by atoms with Crippen LogP contribution in [0.15, 0.2) is 0 Å². The highest BCUT2D eigenvalue weighted by Crippen LogP contribution is 2.53. The molecule has 3 aliphatic rings. The lowest BCUT2D eigenvalue weighted by Crippen LogP contribution is -2.66. The molecule has 0 radical (unpaired) electrons. The number of ether oxygens (including phenoxy) is 1. The van der Waals surface area contributed by atoms with E-state index in [2.05, 4.69) is 79.6 Å². The Morgan fingerprint density at radius 3 is 2.05 bits per heavy atom. The summed E-state index contributed by atoms with van der Waals surface area (Å²) in [6.07, 6.45) is 8.45. The standard InChI is InChI=1S/C31H56O4Si2/c1-12-33-31-21-20-27(35-37(10,11)30(5,6)7)24(25(31)22-28(31)32)18-19-26(23-16-14-13-15-17-23)34-36(8,9)29(2,3)4/h23-27H,12-17,20-22H2,1-11H3/t24-,25-,26-,27-,31-/m1/s1. The van der Waals surface area contributed by atoms with E-state index in [1.807, 2.05) is 6.92 Å². The summed E-state index contributed by atoms with van der Waals surface area (Å²) >= 11 is 0. The van der Waals surface area contributed by atoms with E-state index in [0.29, 0.717) is 18.9 Å². The molecule has 5 atom stereocenters. The van der Waals surface area contributed by atoms with Crippen LogP contribution in [0.25, 0.3) is 0 Å². The van der Waals surface area contributed by atoms with E-state index in [-0.39, 0.29) is 39.9 Å². The summed E-state index contributed by atoms with van der Waals surface area (Å²) < 4.78 is 20.3. The molecule has 3 rings (SSSR count). The van der Waals surface area contributed by atoms with Gasteiger partial charge < -0.3 is 13.6 Å². The van der Waals surface area contributed by atoms with Crippen LogP contribution < -0.4 is 0 Å². The molecule has 0 aliphatic heterocycles. The zero-order valence-corrected chi connectivity index (χ0v) is 27.9. The summed E-state index contributed by atoms with van der Waals surface area (Å²) in [7, 11) is -3.97. The SMILES string of the molecule is CCO[C@]12CC[C@@H](O[Si](C)(C)C(C)(C)C)[C@H](C#C[C@@H](O[Si](C)(C)C(C)(C)C)C3CCCCC3)[C@H]1CC2=O. The number of hydrogen-bond donors (Lipinski definition) is 0. The highest BCUT2D eigenvalue weighted by molar-refractivity contribution is 6.74. The van der Waals surface area contributed by atoms with Gasteiger partial charge >= 0.3 is 0 Å². The summed E-state index contributed by atoms with van der Waals surface area (Å²) in [5, 5.41) is 0.274. The van der Waals surface area contributed by atoms with E-state index in [9.17, 15) is 4.79 Å². The van der Waals surface area contributed by atoms with Crippen LogP contribution in [-0.4, -0.2) is 46.8 Å². The summed E-state index contributed by atoms with van der Waals surface area (Å²) in [4.78, 5) is 12.9. The fourth-order valence-corrected chi connectivity index (χ4v) is 8.52. The molecule has 4 nitrogen and oxygen atoms in total. The zero-order valence-electron chi connectivity index (χ0n) is 25.9. The largest absolute Gasteiger partial charge is 0.413 e. The van der Waals surface area contributed by atoms with E-state index in [1.54, 1.807) is 0 Å². The molecule has 0 aromatic heterocycles. The number of Topliss-reactive ketones (excluding diaryl/α,β-unsaturated/α-hetero) is 1. The molecule has 0 unspecified atom stereocenters. The summed E-state index contributed by atoms with van der Waals surface area (Å²) in [6, 6.07) is 0. The van der Waals surface area contributed by atoms with Gasteiger partial charge in [-0.1, -0.05) is 72.6 Å². The summed E-state index contributed by atoms with van der Waals surface area (Å²) in [6.45, 7) is 25.8. The van der Waals surface area contributed by atoms with Crippen molar-refractivity contribution in [1.29, 1.82) is 0 Å². The average Bonchev–Trinajstić information content (AvgIpc) is 2.78. The molecule has 3 saturated carbocycles. The van der Waals surface area contributed by atoms with Gasteiger partial charge in [0.2, 0.25) is 0 Å². The van der Waals surface area contributed by atoms with Crippen molar-refractivity contribution in [2.45, 2.75) is 154 Å². The minimum absolute atomic E-state index is 0.0150. The van der Waals surface area contributed by atoms with Crippen molar-refractivity contribution in [2.24, 2.45) is 17.8 Å². The van der Waals surface area contributed by atoms with Crippen molar-refractivity contribution in [3.05, 3.63) is 0 Å². The number of rotatable bonds is 7. The van der Waals surface area contributed by atoms with Gasteiger partial charge in [0.15, 0.2) is 22.4 Å². The van der Waals surface area contributed by atoms with Crippen LogP contribution >= 0.6 is 0 Å². The highest BCUT2D eigenvalue weighted by Gasteiger charge is 2.62. The Hall–Kier alpha value is -0.456. The second kappa shape index (κ2) is 11.2. The summed E-state index contributed by atoms with van der Waals surface area (Å²) in [5.74, 6) is 8.39. The lowest BCUT2D eigenvalue weighted by atomic mass is 9.55. The maximum atomic E-state index is 12.9. The monoisotopic (exact) mass is 548 g/mol. The van der Waals surface area contributed by atoms with Crippen LogP contribution in [0.5, 0.6) is 0 Å². The normalized spacial score (nSPS) is 30.7. The Morgan fingerprint density at radius 2 is 1.54 bits per heavy atom. The first kappa shape index (κ1) is 31.1. The molecule has 212 valence electrons. The molecule has 0 amide bonds. The van der Waals surface area contributed by atoms with Gasteiger partial charge in [-0.3, -0.25) is 4.79 Å².